The van der Waals surface area contributed by atoms with Crippen molar-refractivity contribution in [1.29, 1.82) is 0 Å². The van der Waals surface area contributed by atoms with Gasteiger partial charge in [-0.15, -0.1) is 0 Å². The van der Waals surface area contributed by atoms with Gasteiger partial charge in [0.2, 0.25) is 0 Å². The van der Waals surface area contributed by atoms with E-state index in [4.69, 9.17) is 9.90 Å². The summed E-state index contributed by atoms with van der Waals surface area (Å²) in [5.74, 6) is 0.969. The summed E-state index contributed by atoms with van der Waals surface area (Å²) in [7, 11) is 1.00. The van der Waals surface area contributed by atoms with Crippen LogP contribution in [-0.2, 0) is 4.79 Å². The smallest absolute Gasteiger partial charge is 0.116 e. The predicted molar refractivity (Wildman–Crippen MR) is 117 cm³/mol. The molecular weight excluding hydrogens is 354 g/mol. The molecule has 1 fully saturated rings. The second-order valence-electron chi connectivity index (χ2n) is 7.37. The Morgan fingerprint density at radius 1 is 1.14 bits per heavy atom. The number of hydrogen-bond donors (Lipinski definition) is 4. The lowest BCUT2D eigenvalue weighted by atomic mass is 9.88. The van der Waals surface area contributed by atoms with E-state index in [1.165, 1.54) is 32.6 Å². The normalized spacial score (nSPS) is 25.1. The van der Waals surface area contributed by atoms with Gasteiger partial charge in [-0.3, -0.25) is 0 Å². The lowest BCUT2D eigenvalue weighted by Crippen LogP contribution is -2.30. The van der Waals surface area contributed by atoms with Gasteiger partial charge in [-0.25, -0.2) is 5.48 Å². The maximum Gasteiger partial charge on any atom is 0.116 e. The molecule has 0 heterocycles. The van der Waals surface area contributed by atoms with Crippen molar-refractivity contribution in [3.05, 3.63) is 24.3 Å². The Bertz CT molecular complexity index is 398. The second kappa shape index (κ2) is 20.7. The van der Waals surface area contributed by atoms with Gasteiger partial charge in [-0.05, 0) is 44.4 Å². The van der Waals surface area contributed by atoms with E-state index in [2.05, 4.69) is 50.6 Å². The topological polar surface area (TPSA) is 89.8 Å². The summed E-state index contributed by atoms with van der Waals surface area (Å²) in [4.78, 5) is 8.81. The number of carbonyl (C=O) groups is 1. The molecule has 5 nitrogen and oxygen atoms in total. The van der Waals surface area contributed by atoms with Gasteiger partial charge in [0.1, 0.15) is 6.29 Å². The van der Waals surface area contributed by atoms with Crippen LogP contribution in [0.25, 0.3) is 0 Å². The number of hydrogen-bond acceptors (Lipinski definition) is 5. The summed E-state index contributed by atoms with van der Waals surface area (Å²) in [6.07, 6.45) is 18.2. The van der Waals surface area contributed by atoms with Crippen molar-refractivity contribution >= 4 is 6.29 Å². The van der Waals surface area contributed by atoms with Gasteiger partial charge in [0, 0.05) is 19.1 Å². The molecular formula is C23H45NO4. The van der Waals surface area contributed by atoms with Crippen LogP contribution in [0.4, 0.5) is 0 Å². The van der Waals surface area contributed by atoms with Gasteiger partial charge in [0.25, 0.3) is 0 Å². The second-order valence-corrected chi connectivity index (χ2v) is 7.37. The van der Waals surface area contributed by atoms with E-state index < -0.39 is 0 Å². The van der Waals surface area contributed by atoms with Gasteiger partial charge in [-0.1, -0.05) is 70.8 Å². The number of nitrogens with one attached hydrogen (secondary N) is 1. The number of carbonyl (C=O) groups excluding carboxylic acids is 1. The fourth-order valence-corrected chi connectivity index (χ4v) is 3.55. The van der Waals surface area contributed by atoms with Gasteiger partial charge >= 0.3 is 0 Å². The molecule has 1 unspecified atom stereocenters. The SMILES string of the molecule is CC=O.CCC/C=C\C[C@H]1[C@@H](O)CC(NO)[C@@H]1/C=C/[C@H](C)CCCCC.CO. The number of aliphatic hydroxyl groups excluding tert-OH is 2. The van der Waals surface area contributed by atoms with Crippen molar-refractivity contribution in [3.63, 3.8) is 0 Å². The molecule has 0 amide bonds. The Labute approximate surface area is 172 Å². The van der Waals surface area contributed by atoms with Gasteiger partial charge in [0.05, 0.1) is 6.10 Å². The first-order chi connectivity index (χ1) is 13.5. The molecule has 0 aromatic carbocycles. The van der Waals surface area contributed by atoms with E-state index in [1.54, 1.807) is 0 Å². The number of aliphatic hydroxyl groups is 2. The third-order valence-electron chi connectivity index (χ3n) is 5.07. The van der Waals surface area contributed by atoms with E-state index in [-0.39, 0.29) is 24.0 Å². The highest BCUT2D eigenvalue weighted by Crippen LogP contribution is 2.36. The van der Waals surface area contributed by atoms with Crippen molar-refractivity contribution in [2.45, 2.75) is 91.2 Å². The molecule has 5 heteroatoms. The maximum atomic E-state index is 10.3. The van der Waals surface area contributed by atoms with E-state index >= 15 is 0 Å². The van der Waals surface area contributed by atoms with E-state index in [0.29, 0.717) is 12.3 Å². The first-order valence-electron chi connectivity index (χ1n) is 10.8. The lowest BCUT2D eigenvalue weighted by molar-refractivity contribution is -0.106. The minimum Gasteiger partial charge on any atom is -0.400 e. The van der Waals surface area contributed by atoms with Crippen LogP contribution in [0.5, 0.6) is 0 Å². The quantitative estimate of drug-likeness (QED) is 0.175. The monoisotopic (exact) mass is 399 g/mol. The highest BCUT2D eigenvalue weighted by atomic mass is 16.5. The van der Waals surface area contributed by atoms with E-state index in [1.807, 2.05) is 0 Å². The van der Waals surface area contributed by atoms with Crippen molar-refractivity contribution in [2.75, 3.05) is 7.11 Å². The number of unbranched alkanes of at least 4 members (excludes halogenated alkanes) is 3. The van der Waals surface area contributed by atoms with Crippen molar-refractivity contribution in [2.24, 2.45) is 17.8 Å². The van der Waals surface area contributed by atoms with Crippen LogP contribution in [0, 0.1) is 17.8 Å². The Hall–Kier alpha value is -1.01. The summed E-state index contributed by atoms with van der Waals surface area (Å²) >= 11 is 0. The lowest BCUT2D eigenvalue weighted by Gasteiger charge is -2.21. The summed E-state index contributed by atoms with van der Waals surface area (Å²) in [5.41, 5.74) is 2.42. The van der Waals surface area contributed by atoms with Crippen molar-refractivity contribution in [3.8, 4) is 0 Å². The van der Waals surface area contributed by atoms with Crippen LogP contribution in [0.3, 0.4) is 0 Å². The zero-order valence-electron chi connectivity index (χ0n) is 18.7. The molecule has 28 heavy (non-hydrogen) atoms. The summed E-state index contributed by atoms with van der Waals surface area (Å²) in [6, 6.07) is -0.0336. The third-order valence-corrected chi connectivity index (χ3v) is 5.07. The molecule has 1 aliphatic carbocycles. The molecule has 166 valence electrons. The average molecular weight is 400 g/mol. The molecule has 0 aromatic heterocycles. The molecule has 1 saturated carbocycles. The molecule has 4 N–H and O–H groups in total. The first-order valence-corrected chi connectivity index (χ1v) is 10.8. The van der Waals surface area contributed by atoms with Gasteiger partial charge in [0.15, 0.2) is 0 Å². The van der Waals surface area contributed by atoms with Gasteiger partial charge < -0.3 is 20.2 Å². The van der Waals surface area contributed by atoms with Crippen molar-refractivity contribution in [1.82, 2.24) is 5.48 Å². The molecule has 1 rings (SSSR count). The highest BCUT2D eigenvalue weighted by Gasteiger charge is 2.40. The standard InChI is InChI=1S/C20H37NO2.C2H4O.CH4O/c1-4-6-8-10-12-18-17(19(21-23)15-20(18)22)14-13-16(3)11-9-7-5-2;1-2-3;1-2/h8,10,13-14,16-23H,4-7,9,11-12,15H2,1-3H3;2H,1H3;2H,1H3/b10-8-,14-13+;;/t16-,17-,18-,19?,20+;;/m1../s1. The molecule has 0 saturated heterocycles. The van der Waals surface area contributed by atoms with E-state index in [0.717, 1.165) is 32.7 Å². The number of allylic oxidation sites excluding steroid dienone is 3. The van der Waals surface area contributed by atoms with Crippen LogP contribution in [0.2, 0.25) is 0 Å². The maximum absolute atomic E-state index is 10.3. The molecule has 0 radical (unpaired) electrons. The van der Waals surface area contributed by atoms with Crippen LogP contribution >= 0.6 is 0 Å². The van der Waals surface area contributed by atoms with Crippen LogP contribution < -0.4 is 5.48 Å². The molecule has 5 atom stereocenters. The molecule has 0 aliphatic heterocycles. The Morgan fingerprint density at radius 3 is 2.32 bits per heavy atom. The van der Waals surface area contributed by atoms with Gasteiger partial charge in [-0.2, -0.15) is 0 Å². The zero-order valence-corrected chi connectivity index (χ0v) is 18.7. The Balaban J connectivity index is 0. The van der Waals surface area contributed by atoms with Crippen LogP contribution in [-0.4, -0.2) is 41.0 Å². The van der Waals surface area contributed by atoms with Crippen LogP contribution in [0.1, 0.15) is 79.1 Å². The summed E-state index contributed by atoms with van der Waals surface area (Å²) in [5, 5.41) is 26.7. The fourth-order valence-electron chi connectivity index (χ4n) is 3.55. The minimum atomic E-state index is -0.337. The third kappa shape index (κ3) is 13.2. The number of rotatable bonds is 11. The zero-order chi connectivity index (χ0) is 21.8. The largest absolute Gasteiger partial charge is 0.400 e. The Kier molecular flexibility index (Phi) is 21.6. The minimum absolute atomic E-state index is 0.0336. The molecule has 1 aliphatic rings. The fraction of sp³-hybridized carbons (Fsp3) is 0.783. The molecule has 0 spiro atoms. The summed E-state index contributed by atoms with van der Waals surface area (Å²) in [6.45, 7) is 8.11. The number of aldehydes is 1. The highest BCUT2D eigenvalue weighted by molar-refractivity contribution is 5.44. The molecule has 0 bridgehead atoms. The van der Waals surface area contributed by atoms with Crippen molar-refractivity contribution < 1.29 is 20.2 Å². The molecule has 0 aromatic rings. The number of hydroxylamine groups is 1. The summed E-state index contributed by atoms with van der Waals surface area (Å²) < 4.78 is 0. The Morgan fingerprint density at radius 2 is 1.79 bits per heavy atom. The van der Waals surface area contributed by atoms with Crippen LogP contribution in [0.15, 0.2) is 24.3 Å². The first kappa shape index (κ1) is 29.2. The average Bonchev–Trinajstić information content (AvgIpc) is 3.00. The van der Waals surface area contributed by atoms with E-state index in [9.17, 15) is 10.3 Å². The predicted octanol–water partition coefficient (Wildman–Crippen LogP) is 4.66.